The molecular formula is C16H22N4O. The van der Waals surface area contributed by atoms with E-state index in [1.54, 1.807) is 4.68 Å². The maximum absolute atomic E-state index is 12.2. The van der Waals surface area contributed by atoms with Crippen molar-refractivity contribution < 1.29 is 4.79 Å². The van der Waals surface area contributed by atoms with E-state index in [-0.39, 0.29) is 11.9 Å². The number of amides is 1. The quantitative estimate of drug-likeness (QED) is 0.874. The first-order chi connectivity index (χ1) is 9.97. The van der Waals surface area contributed by atoms with E-state index in [0.717, 1.165) is 16.8 Å². The molecule has 0 aliphatic carbocycles. The van der Waals surface area contributed by atoms with Gasteiger partial charge in [-0.3, -0.25) is 9.48 Å². The number of carbonyl (C=O) groups is 1. The molecule has 3 N–H and O–H groups in total. The molecule has 0 bridgehead atoms. The smallest absolute Gasteiger partial charge is 0.237 e. The van der Waals surface area contributed by atoms with E-state index in [9.17, 15) is 4.79 Å². The summed E-state index contributed by atoms with van der Waals surface area (Å²) in [6, 6.07) is 9.13. The zero-order chi connectivity index (χ0) is 15.4. The molecule has 2 rings (SSSR count). The van der Waals surface area contributed by atoms with Gasteiger partial charge < -0.3 is 11.1 Å². The Morgan fingerprint density at radius 3 is 2.62 bits per heavy atom. The number of nitrogens with one attached hydrogen (secondary N) is 1. The fourth-order valence-corrected chi connectivity index (χ4v) is 2.40. The number of hydrogen-bond acceptors (Lipinski definition) is 3. The maximum Gasteiger partial charge on any atom is 0.237 e. The van der Waals surface area contributed by atoms with Gasteiger partial charge in [0.1, 0.15) is 0 Å². The number of benzene rings is 1. The number of rotatable bonds is 5. The van der Waals surface area contributed by atoms with Crippen LogP contribution in [0.1, 0.15) is 29.8 Å². The minimum Gasteiger partial charge on any atom is -0.348 e. The molecule has 2 atom stereocenters. The van der Waals surface area contributed by atoms with Crippen molar-refractivity contribution in [3.63, 3.8) is 0 Å². The molecule has 5 heteroatoms. The Bertz CT molecular complexity index is 606. The van der Waals surface area contributed by atoms with Crippen LogP contribution in [0.5, 0.6) is 0 Å². The second-order valence-corrected chi connectivity index (χ2v) is 5.37. The van der Waals surface area contributed by atoms with Crippen LogP contribution in [0.15, 0.2) is 36.5 Å². The van der Waals surface area contributed by atoms with Gasteiger partial charge in [-0.05, 0) is 25.8 Å². The summed E-state index contributed by atoms with van der Waals surface area (Å²) in [5.41, 5.74) is 8.98. The van der Waals surface area contributed by atoms with Gasteiger partial charge in [-0.25, -0.2) is 0 Å². The molecule has 0 saturated carbocycles. The third kappa shape index (κ3) is 3.92. The Morgan fingerprint density at radius 2 is 2.05 bits per heavy atom. The van der Waals surface area contributed by atoms with E-state index in [1.165, 1.54) is 0 Å². The van der Waals surface area contributed by atoms with Gasteiger partial charge in [-0.1, -0.05) is 30.3 Å². The molecule has 1 heterocycles. The second kappa shape index (κ2) is 6.54. The first kappa shape index (κ1) is 15.3. The normalized spacial score (nSPS) is 13.7. The van der Waals surface area contributed by atoms with Crippen LogP contribution in [0.4, 0.5) is 0 Å². The molecule has 0 aliphatic heterocycles. The highest BCUT2D eigenvalue weighted by Crippen LogP contribution is 2.15. The number of nitrogens with zero attached hydrogens (tertiary/aromatic N) is 2. The molecule has 21 heavy (non-hydrogen) atoms. The lowest BCUT2D eigenvalue weighted by Crippen LogP contribution is -2.43. The van der Waals surface area contributed by atoms with Crippen LogP contribution in [0.3, 0.4) is 0 Å². The lowest BCUT2D eigenvalue weighted by Gasteiger charge is -2.17. The molecule has 2 aromatic rings. The predicted molar refractivity (Wildman–Crippen MR) is 82.6 cm³/mol. The Balaban J connectivity index is 1.96. The predicted octanol–water partition coefficient (Wildman–Crippen LogP) is 1.48. The third-order valence-electron chi connectivity index (χ3n) is 3.51. The summed E-state index contributed by atoms with van der Waals surface area (Å²) >= 11 is 0. The van der Waals surface area contributed by atoms with Gasteiger partial charge in [-0.2, -0.15) is 5.10 Å². The summed E-state index contributed by atoms with van der Waals surface area (Å²) in [6.45, 7) is 3.87. The van der Waals surface area contributed by atoms with E-state index < -0.39 is 6.04 Å². The van der Waals surface area contributed by atoms with E-state index >= 15 is 0 Å². The van der Waals surface area contributed by atoms with Crippen molar-refractivity contribution >= 4 is 5.91 Å². The zero-order valence-corrected chi connectivity index (χ0v) is 12.7. The van der Waals surface area contributed by atoms with Crippen molar-refractivity contribution in [2.75, 3.05) is 0 Å². The lowest BCUT2D eigenvalue weighted by molar-refractivity contribution is -0.123. The SMILES string of the molecule is Cc1nn(C)cc1C(C)NC(=O)[C@@H](N)Cc1ccccc1. The molecule has 1 aromatic heterocycles. The largest absolute Gasteiger partial charge is 0.348 e. The minimum absolute atomic E-state index is 0.104. The van der Waals surface area contributed by atoms with E-state index in [2.05, 4.69) is 10.4 Å². The average molecular weight is 286 g/mol. The van der Waals surface area contributed by atoms with Gasteiger partial charge in [0, 0.05) is 18.8 Å². The molecule has 112 valence electrons. The fourth-order valence-electron chi connectivity index (χ4n) is 2.40. The minimum atomic E-state index is -0.549. The van der Waals surface area contributed by atoms with Crippen molar-refractivity contribution in [3.05, 3.63) is 53.3 Å². The van der Waals surface area contributed by atoms with E-state index in [4.69, 9.17) is 5.73 Å². The van der Waals surface area contributed by atoms with Crippen molar-refractivity contribution in [1.29, 1.82) is 0 Å². The van der Waals surface area contributed by atoms with Crippen LogP contribution in [-0.4, -0.2) is 21.7 Å². The molecule has 5 nitrogen and oxygen atoms in total. The standard InChI is InChI=1S/C16H22N4O/c1-11(14-10-20(3)19-12(14)2)18-16(21)15(17)9-13-7-5-4-6-8-13/h4-8,10-11,15H,9,17H2,1-3H3,(H,18,21)/t11?,15-/m0/s1. The van der Waals surface area contributed by atoms with Crippen LogP contribution >= 0.6 is 0 Å². The highest BCUT2D eigenvalue weighted by Gasteiger charge is 2.19. The van der Waals surface area contributed by atoms with Crippen LogP contribution in [0, 0.1) is 6.92 Å². The molecule has 0 saturated heterocycles. The molecular weight excluding hydrogens is 264 g/mol. The summed E-state index contributed by atoms with van der Waals surface area (Å²) in [4.78, 5) is 12.2. The van der Waals surface area contributed by atoms with Crippen LogP contribution in [-0.2, 0) is 18.3 Å². The van der Waals surface area contributed by atoms with Crippen molar-refractivity contribution in [1.82, 2.24) is 15.1 Å². The monoisotopic (exact) mass is 286 g/mol. The molecule has 0 aliphatic rings. The number of aromatic nitrogens is 2. The van der Waals surface area contributed by atoms with Crippen LogP contribution in [0.2, 0.25) is 0 Å². The van der Waals surface area contributed by atoms with Crippen molar-refractivity contribution in [3.8, 4) is 0 Å². The zero-order valence-electron chi connectivity index (χ0n) is 12.7. The Labute approximate surface area is 125 Å². The van der Waals surface area contributed by atoms with Gasteiger partial charge in [0.2, 0.25) is 5.91 Å². The number of carbonyl (C=O) groups excluding carboxylic acids is 1. The van der Waals surface area contributed by atoms with Gasteiger partial charge in [0.15, 0.2) is 0 Å². The summed E-state index contributed by atoms with van der Waals surface area (Å²) < 4.78 is 1.75. The number of aryl methyl sites for hydroxylation is 2. The van der Waals surface area contributed by atoms with Crippen molar-refractivity contribution in [2.24, 2.45) is 12.8 Å². The van der Waals surface area contributed by atoms with Gasteiger partial charge >= 0.3 is 0 Å². The van der Waals surface area contributed by atoms with Gasteiger partial charge in [0.05, 0.1) is 17.8 Å². The topological polar surface area (TPSA) is 72.9 Å². The highest BCUT2D eigenvalue weighted by molar-refractivity contribution is 5.82. The van der Waals surface area contributed by atoms with Crippen molar-refractivity contribution in [2.45, 2.75) is 32.4 Å². The summed E-state index contributed by atoms with van der Waals surface area (Å²) in [7, 11) is 1.87. The summed E-state index contributed by atoms with van der Waals surface area (Å²) in [6.07, 6.45) is 2.45. The number of hydrogen-bond donors (Lipinski definition) is 2. The Kier molecular flexibility index (Phi) is 4.75. The first-order valence-corrected chi connectivity index (χ1v) is 7.07. The molecule has 1 unspecified atom stereocenters. The number of nitrogens with two attached hydrogens (primary N) is 1. The van der Waals surface area contributed by atoms with Crippen LogP contribution in [0.25, 0.3) is 0 Å². The van der Waals surface area contributed by atoms with Crippen LogP contribution < -0.4 is 11.1 Å². The fraction of sp³-hybridized carbons (Fsp3) is 0.375. The Morgan fingerprint density at radius 1 is 1.38 bits per heavy atom. The summed E-state index contributed by atoms with van der Waals surface area (Å²) in [5.74, 6) is -0.144. The van der Waals surface area contributed by atoms with Gasteiger partial charge in [0.25, 0.3) is 0 Å². The summed E-state index contributed by atoms with van der Waals surface area (Å²) in [5, 5.41) is 7.24. The van der Waals surface area contributed by atoms with E-state index in [0.29, 0.717) is 6.42 Å². The average Bonchev–Trinajstić information content (AvgIpc) is 2.78. The molecule has 0 spiro atoms. The lowest BCUT2D eigenvalue weighted by atomic mass is 10.0. The van der Waals surface area contributed by atoms with E-state index in [1.807, 2.05) is 57.4 Å². The Hall–Kier alpha value is -2.14. The highest BCUT2D eigenvalue weighted by atomic mass is 16.2. The van der Waals surface area contributed by atoms with Gasteiger partial charge in [-0.15, -0.1) is 0 Å². The molecule has 0 fully saturated rings. The molecule has 0 radical (unpaired) electrons. The maximum atomic E-state index is 12.2. The third-order valence-corrected chi connectivity index (χ3v) is 3.51. The second-order valence-electron chi connectivity index (χ2n) is 5.37. The molecule has 1 aromatic carbocycles. The first-order valence-electron chi connectivity index (χ1n) is 7.07. The molecule has 1 amide bonds.